The fraction of sp³-hybridized carbons (Fsp3) is 0.632. The van der Waals surface area contributed by atoms with Crippen LogP contribution in [-0.2, 0) is 14.8 Å². The average molecular weight is 367 g/mol. The van der Waals surface area contributed by atoms with Crippen molar-refractivity contribution in [3.63, 3.8) is 0 Å². The molecule has 5 nitrogen and oxygen atoms in total. The zero-order valence-electron chi connectivity index (χ0n) is 15.8. The molecule has 2 N–H and O–H groups in total. The molecule has 0 aromatic heterocycles. The van der Waals surface area contributed by atoms with Gasteiger partial charge in [0.2, 0.25) is 15.9 Å². The number of amides is 1. The molecule has 6 heteroatoms. The summed E-state index contributed by atoms with van der Waals surface area (Å²) < 4.78 is 25.9. The second-order valence-electron chi connectivity index (χ2n) is 7.73. The van der Waals surface area contributed by atoms with Crippen LogP contribution in [-0.4, -0.2) is 21.4 Å². The van der Waals surface area contributed by atoms with E-state index in [-0.39, 0.29) is 21.6 Å². The van der Waals surface area contributed by atoms with Gasteiger partial charge in [0, 0.05) is 5.69 Å². The number of anilines is 1. The normalized spacial score (nSPS) is 23.6. The highest BCUT2D eigenvalue weighted by Crippen LogP contribution is 2.61. The standard InChI is InChI=1S/C19H30N2O3S/c1-6-7-14(2)19(13-12-18(19,3)4)17(22)21-15-8-10-16(11-9-15)25(23,24)20-5/h8-11,14,20H,6-7,12-13H2,1-5H3,(H,21,22). The number of carbonyl (C=O) groups is 1. The van der Waals surface area contributed by atoms with E-state index in [9.17, 15) is 13.2 Å². The van der Waals surface area contributed by atoms with Gasteiger partial charge in [0.05, 0.1) is 10.3 Å². The van der Waals surface area contributed by atoms with E-state index in [0.29, 0.717) is 11.6 Å². The van der Waals surface area contributed by atoms with Crippen LogP contribution < -0.4 is 10.0 Å². The van der Waals surface area contributed by atoms with Gasteiger partial charge in [-0.2, -0.15) is 0 Å². The highest BCUT2D eigenvalue weighted by molar-refractivity contribution is 7.89. The first-order valence-electron chi connectivity index (χ1n) is 8.96. The molecule has 0 saturated heterocycles. The van der Waals surface area contributed by atoms with Gasteiger partial charge >= 0.3 is 0 Å². The molecule has 0 bridgehead atoms. The molecule has 1 amide bonds. The number of hydrogen-bond donors (Lipinski definition) is 2. The maximum absolute atomic E-state index is 13.1. The van der Waals surface area contributed by atoms with Crippen LogP contribution in [0.1, 0.15) is 53.4 Å². The van der Waals surface area contributed by atoms with Gasteiger partial charge in [0.15, 0.2) is 0 Å². The molecular formula is C19H30N2O3S. The van der Waals surface area contributed by atoms with Crippen molar-refractivity contribution in [3.05, 3.63) is 24.3 Å². The minimum atomic E-state index is -3.47. The number of nitrogens with one attached hydrogen (secondary N) is 2. The molecule has 1 aliphatic carbocycles. The molecule has 2 unspecified atom stereocenters. The fourth-order valence-electron chi connectivity index (χ4n) is 4.21. The van der Waals surface area contributed by atoms with Gasteiger partial charge in [-0.05, 0) is 61.9 Å². The quantitative estimate of drug-likeness (QED) is 0.771. The van der Waals surface area contributed by atoms with Crippen LogP contribution in [0.3, 0.4) is 0 Å². The minimum Gasteiger partial charge on any atom is -0.326 e. The second kappa shape index (κ2) is 7.08. The van der Waals surface area contributed by atoms with E-state index in [4.69, 9.17) is 0 Å². The lowest BCUT2D eigenvalue weighted by atomic mass is 9.45. The lowest BCUT2D eigenvalue weighted by Crippen LogP contribution is -2.58. The van der Waals surface area contributed by atoms with Crippen LogP contribution in [0.5, 0.6) is 0 Å². The zero-order chi connectivity index (χ0) is 18.9. The highest BCUT2D eigenvalue weighted by atomic mass is 32.2. The van der Waals surface area contributed by atoms with E-state index in [1.54, 1.807) is 12.1 Å². The fourth-order valence-corrected chi connectivity index (χ4v) is 4.94. The third-order valence-corrected chi connectivity index (χ3v) is 7.44. The van der Waals surface area contributed by atoms with Gasteiger partial charge in [-0.3, -0.25) is 4.79 Å². The Bertz CT molecular complexity index is 726. The van der Waals surface area contributed by atoms with Crippen LogP contribution in [0.2, 0.25) is 0 Å². The number of benzene rings is 1. The third kappa shape index (κ3) is 3.47. The van der Waals surface area contributed by atoms with Crippen molar-refractivity contribution in [1.29, 1.82) is 0 Å². The summed E-state index contributed by atoms with van der Waals surface area (Å²) >= 11 is 0. The van der Waals surface area contributed by atoms with Crippen LogP contribution in [0.4, 0.5) is 5.69 Å². The number of rotatable bonds is 7. The van der Waals surface area contributed by atoms with Gasteiger partial charge in [-0.25, -0.2) is 13.1 Å². The Morgan fingerprint density at radius 2 is 1.80 bits per heavy atom. The molecule has 2 atom stereocenters. The van der Waals surface area contributed by atoms with Crippen molar-refractivity contribution in [2.45, 2.75) is 58.3 Å². The number of hydrogen-bond acceptors (Lipinski definition) is 3. The number of carbonyl (C=O) groups excluding carboxylic acids is 1. The zero-order valence-corrected chi connectivity index (χ0v) is 16.7. The second-order valence-corrected chi connectivity index (χ2v) is 9.62. The summed E-state index contributed by atoms with van der Waals surface area (Å²) in [6.07, 6.45) is 4.03. The molecule has 1 saturated carbocycles. The van der Waals surface area contributed by atoms with E-state index in [0.717, 1.165) is 25.7 Å². The van der Waals surface area contributed by atoms with Crippen molar-refractivity contribution < 1.29 is 13.2 Å². The Labute approximate surface area is 151 Å². The SMILES string of the molecule is CCCC(C)C1(C(=O)Nc2ccc(S(=O)(=O)NC)cc2)CCC1(C)C. The molecule has 1 aromatic carbocycles. The summed E-state index contributed by atoms with van der Waals surface area (Å²) in [5.74, 6) is 0.360. The Balaban J connectivity index is 2.22. The third-order valence-electron chi connectivity index (χ3n) is 6.01. The first-order valence-corrected chi connectivity index (χ1v) is 10.4. The molecule has 2 rings (SSSR count). The van der Waals surface area contributed by atoms with Gasteiger partial charge in [-0.15, -0.1) is 0 Å². The monoisotopic (exact) mass is 366 g/mol. The Morgan fingerprint density at radius 3 is 2.20 bits per heavy atom. The van der Waals surface area contributed by atoms with Crippen LogP contribution in [0.25, 0.3) is 0 Å². The summed E-state index contributed by atoms with van der Waals surface area (Å²) in [4.78, 5) is 13.3. The van der Waals surface area contributed by atoms with Crippen molar-refractivity contribution >= 4 is 21.6 Å². The summed E-state index contributed by atoms with van der Waals surface area (Å²) in [6, 6.07) is 6.31. The summed E-state index contributed by atoms with van der Waals surface area (Å²) in [5.41, 5.74) is 0.241. The first kappa shape index (κ1) is 19.9. The molecule has 0 spiro atoms. The minimum absolute atomic E-state index is 0.0267. The van der Waals surface area contributed by atoms with E-state index < -0.39 is 10.0 Å². The predicted molar refractivity (Wildman–Crippen MR) is 101 cm³/mol. The summed E-state index contributed by atoms with van der Waals surface area (Å²) in [6.45, 7) is 8.66. The maximum atomic E-state index is 13.1. The number of sulfonamides is 1. The predicted octanol–water partition coefficient (Wildman–Crippen LogP) is 3.78. The lowest BCUT2D eigenvalue weighted by molar-refractivity contribution is -0.156. The van der Waals surface area contributed by atoms with E-state index in [2.05, 4.69) is 37.7 Å². The van der Waals surface area contributed by atoms with Crippen LogP contribution >= 0.6 is 0 Å². The van der Waals surface area contributed by atoms with Crippen molar-refractivity contribution in [2.24, 2.45) is 16.7 Å². The van der Waals surface area contributed by atoms with E-state index in [1.807, 2.05) is 0 Å². The highest BCUT2D eigenvalue weighted by Gasteiger charge is 2.60. The molecule has 140 valence electrons. The van der Waals surface area contributed by atoms with Gasteiger partial charge in [0.25, 0.3) is 0 Å². The van der Waals surface area contributed by atoms with Crippen LogP contribution in [0, 0.1) is 16.7 Å². The Kier molecular flexibility index (Phi) is 5.64. The topological polar surface area (TPSA) is 75.3 Å². The van der Waals surface area contributed by atoms with Crippen molar-refractivity contribution in [2.75, 3.05) is 12.4 Å². The lowest BCUT2D eigenvalue weighted by Gasteiger charge is -2.58. The Morgan fingerprint density at radius 1 is 1.20 bits per heavy atom. The molecule has 0 radical (unpaired) electrons. The molecule has 1 aliphatic rings. The molecular weight excluding hydrogens is 336 g/mol. The molecule has 1 aromatic rings. The maximum Gasteiger partial charge on any atom is 0.240 e. The van der Waals surface area contributed by atoms with E-state index >= 15 is 0 Å². The molecule has 0 aliphatic heterocycles. The first-order chi connectivity index (χ1) is 11.6. The van der Waals surface area contributed by atoms with Gasteiger partial charge < -0.3 is 5.32 Å². The van der Waals surface area contributed by atoms with Gasteiger partial charge in [-0.1, -0.05) is 34.1 Å². The van der Waals surface area contributed by atoms with E-state index in [1.165, 1.54) is 19.2 Å². The van der Waals surface area contributed by atoms with Crippen molar-refractivity contribution in [1.82, 2.24) is 4.72 Å². The molecule has 25 heavy (non-hydrogen) atoms. The average Bonchev–Trinajstić information content (AvgIpc) is 2.55. The van der Waals surface area contributed by atoms with Crippen LogP contribution in [0.15, 0.2) is 29.2 Å². The van der Waals surface area contributed by atoms with Gasteiger partial charge in [0.1, 0.15) is 0 Å². The largest absolute Gasteiger partial charge is 0.326 e. The van der Waals surface area contributed by atoms with Crippen molar-refractivity contribution in [3.8, 4) is 0 Å². The molecule has 0 heterocycles. The summed E-state index contributed by atoms with van der Waals surface area (Å²) in [7, 11) is -2.09. The molecule has 1 fully saturated rings. The Hall–Kier alpha value is -1.40. The summed E-state index contributed by atoms with van der Waals surface area (Å²) in [5, 5.41) is 3.02. The smallest absolute Gasteiger partial charge is 0.240 e.